The molecule has 0 aliphatic carbocycles. The number of aromatic nitrogens is 2. The van der Waals surface area contributed by atoms with Crippen LogP contribution in [0.1, 0.15) is 25.2 Å². The first-order valence-corrected chi connectivity index (χ1v) is 7.07. The monoisotopic (exact) mass is 289 g/mol. The van der Waals surface area contributed by atoms with E-state index in [0.717, 1.165) is 19.3 Å². The van der Waals surface area contributed by atoms with E-state index in [9.17, 15) is 9.90 Å². The minimum atomic E-state index is -0.700. The molecule has 2 aliphatic heterocycles. The number of carboxylic acids is 1. The van der Waals surface area contributed by atoms with E-state index in [2.05, 4.69) is 15.1 Å². The van der Waals surface area contributed by atoms with Crippen molar-refractivity contribution in [2.75, 3.05) is 0 Å². The molecule has 21 heavy (non-hydrogen) atoms. The van der Waals surface area contributed by atoms with E-state index in [0.29, 0.717) is 30.1 Å². The van der Waals surface area contributed by atoms with E-state index >= 15 is 0 Å². The topological polar surface area (TPSA) is 92.6 Å². The molecule has 0 aromatic carbocycles. The van der Waals surface area contributed by atoms with Gasteiger partial charge in [0.05, 0.1) is 18.7 Å². The summed E-state index contributed by atoms with van der Waals surface area (Å²) in [6, 6.07) is 3.93. The van der Waals surface area contributed by atoms with Crippen LogP contribution in [0.25, 0.3) is 11.7 Å². The van der Waals surface area contributed by atoms with Crippen LogP contribution in [0.5, 0.6) is 0 Å². The highest BCUT2D eigenvalue weighted by Crippen LogP contribution is 2.42. The van der Waals surface area contributed by atoms with E-state index in [4.69, 9.17) is 8.83 Å². The Balaban J connectivity index is 1.51. The van der Waals surface area contributed by atoms with Crippen molar-refractivity contribution in [2.24, 2.45) is 5.92 Å². The molecule has 7 nitrogen and oxygen atoms in total. The fraction of sp³-hybridized carbons (Fsp3) is 0.500. The largest absolute Gasteiger partial charge is 0.481 e. The molecule has 2 bridgehead atoms. The van der Waals surface area contributed by atoms with Crippen LogP contribution in [0, 0.1) is 5.92 Å². The molecule has 2 aromatic heterocycles. The van der Waals surface area contributed by atoms with Crippen LogP contribution in [-0.2, 0) is 11.3 Å². The van der Waals surface area contributed by atoms with Gasteiger partial charge in [0.25, 0.3) is 5.89 Å². The van der Waals surface area contributed by atoms with Gasteiger partial charge in [-0.25, -0.2) is 0 Å². The van der Waals surface area contributed by atoms with Crippen LogP contribution in [-0.4, -0.2) is 38.3 Å². The SMILES string of the molecule is O=C(O)C1CC2CCC1N2Cc1nnc(-c2ccco2)o1. The number of furan rings is 1. The Bertz CT molecular complexity index is 651. The fourth-order valence-corrected chi connectivity index (χ4v) is 3.59. The van der Waals surface area contributed by atoms with Gasteiger partial charge in [0, 0.05) is 12.1 Å². The van der Waals surface area contributed by atoms with Crippen molar-refractivity contribution in [3.8, 4) is 11.7 Å². The lowest BCUT2D eigenvalue weighted by Crippen LogP contribution is -2.32. The van der Waals surface area contributed by atoms with Crippen LogP contribution < -0.4 is 0 Å². The van der Waals surface area contributed by atoms with Crippen molar-refractivity contribution in [1.29, 1.82) is 0 Å². The average Bonchev–Trinajstić information content (AvgIpc) is 3.22. The van der Waals surface area contributed by atoms with Gasteiger partial charge in [-0.1, -0.05) is 0 Å². The Labute approximate surface area is 120 Å². The van der Waals surface area contributed by atoms with E-state index in [1.807, 2.05) is 0 Å². The van der Waals surface area contributed by atoms with Crippen molar-refractivity contribution < 1.29 is 18.7 Å². The van der Waals surface area contributed by atoms with E-state index in [1.54, 1.807) is 18.4 Å². The molecule has 2 fully saturated rings. The highest BCUT2D eigenvalue weighted by Gasteiger charge is 2.49. The number of carbonyl (C=O) groups is 1. The zero-order valence-electron chi connectivity index (χ0n) is 11.3. The van der Waals surface area contributed by atoms with E-state index in [1.165, 1.54) is 0 Å². The van der Waals surface area contributed by atoms with Gasteiger partial charge in [-0.3, -0.25) is 9.69 Å². The summed E-state index contributed by atoms with van der Waals surface area (Å²) in [6.07, 6.45) is 4.25. The Morgan fingerprint density at radius 1 is 1.43 bits per heavy atom. The second-order valence-electron chi connectivity index (χ2n) is 5.63. The standard InChI is InChI=1S/C14H15N3O4/c18-14(19)9-6-8-3-4-10(9)17(8)7-12-15-16-13(21-12)11-2-1-5-20-11/h1-2,5,8-10H,3-4,6-7H2,(H,18,19). The molecule has 4 rings (SSSR count). The van der Waals surface area contributed by atoms with Gasteiger partial charge in [-0.2, -0.15) is 0 Å². The third-order valence-electron chi connectivity index (χ3n) is 4.51. The lowest BCUT2D eigenvalue weighted by Gasteiger charge is -2.20. The molecular formula is C14H15N3O4. The molecule has 2 aliphatic rings. The van der Waals surface area contributed by atoms with Gasteiger partial charge in [0.15, 0.2) is 5.76 Å². The zero-order chi connectivity index (χ0) is 14.4. The summed E-state index contributed by atoms with van der Waals surface area (Å²) in [5, 5.41) is 17.3. The Morgan fingerprint density at radius 3 is 3.05 bits per heavy atom. The molecule has 1 N–H and O–H groups in total. The first kappa shape index (κ1) is 12.6. The molecule has 0 amide bonds. The predicted octanol–water partition coefficient (Wildman–Crippen LogP) is 1.77. The minimum absolute atomic E-state index is 0.0893. The first-order chi connectivity index (χ1) is 10.2. The van der Waals surface area contributed by atoms with Crippen LogP contribution in [0.4, 0.5) is 0 Å². The second kappa shape index (κ2) is 4.70. The predicted molar refractivity (Wildman–Crippen MR) is 70.1 cm³/mol. The molecule has 110 valence electrons. The van der Waals surface area contributed by atoms with E-state index < -0.39 is 5.97 Å². The van der Waals surface area contributed by atoms with Gasteiger partial charge in [0.2, 0.25) is 5.89 Å². The molecule has 3 unspecified atom stereocenters. The van der Waals surface area contributed by atoms with Crippen molar-refractivity contribution in [3.05, 3.63) is 24.3 Å². The molecule has 0 spiro atoms. The molecule has 3 atom stereocenters. The summed E-state index contributed by atoms with van der Waals surface area (Å²) in [5.41, 5.74) is 0. The Hall–Kier alpha value is -2.15. The van der Waals surface area contributed by atoms with Crippen LogP contribution >= 0.6 is 0 Å². The summed E-state index contributed by atoms with van der Waals surface area (Å²) >= 11 is 0. The number of fused-ring (bicyclic) bond motifs is 2. The lowest BCUT2D eigenvalue weighted by molar-refractivity contribution is -0.142. The van der Waals surface area contributed by atoms with Crippen LogP contribution in [0.2, 0.25) is 0 Å². The van der Waals surface area contributed by atoms with Crippen LogP contribution in [0.15, 0.2) is 27.2 Å². The highest BCUT2D eigenvalue weighted by atomic mass is 16.4. The van der Waals surface area contributed by atoms with Gasteiger partial charge in [-0.05, 0) is 31.4 Å². The van der Waals surface area contributed by atoms with Crippen molar-refractivity contribution >= 4 is 5.97 Å². The highest BCUT2D eigenvalue weighted by molar-refractivity contribution is 5.71. The van der Waals surface area contributed by atoms with Gasteiger partial charge in [-0.15, -0.1) is 10.2 Å². The fourth-order valence-electron chi connectivity index (χ4n) is 3.59. The van der Waals surface area contributed by atoms with Gasteiger partial charge >= 0.3 is 5.97 Å². The number of nitrogens with zero attached hydrogens (tertiary/aromatic N) is 3. The zero-order valence-corrected chi connectivity index (χ0v) is 11.3. The lowest BCUT2D eigenvalue weighted by atomic mass is 9.89. The first-order valence-electron chi connectivity index (χ1n) is 7.07. The molecule has 2 aromatic rings. The quantitative estimate of drug-likeness (QED) is 0.916. The smallest absolute Gasteiger partial charge is 0.308 e. The average molecular weight is 289 g/mol. The maximum atomic E-state index is 11.3. The third kappa shape index (κ3) is 2.04. The Kier molecular flexibility index (Phi) is 2.81. The van der Waals surface area contributed by atoms with E-state index in [-0.39, 0.29) is 12.0 Å². The third-order valence-corrected chi connectivity index (χ3v) is 4.51. The number of rotatable bonds is 4. The summed E-state index contributed by atoms with van der Waals surface area (Å²) in [5.74, 6) is 0.437. The molecule has 0 radical (unpaired) electrons. The van der Waals surface area contributed by atoms with Crippen LogP contribution in [0.3, 0.4) is 0 Å². The van der Waals surface area contributed by atoms with Crippen molar-refractivity contribution in [1.82, 2.24) is 15.1 Å². The normalized spacial score (nSPS) is 28.3. The Morgan fingerprint density at radius 2 is 2.33 bits per heavy atom. The number of carboxylic acid groups (broad SMARTS) is 1. The maximum absolute atomic E-state index is 11.3. The number of hydrogen-bond donors (Lipinski definition) is 1. The maximum Gasteiger partial charge on any atom is 0.308 e. The summed E-state index contributed by atoms with van der Waals surface area (Å²) in [4.78, 5) is 13.5. The number of aliphatic carboxylic acids is 1. The molecule has 2 saturated heterocycles. The second-order valence-corrected chi connectivity index (χ2v) is 5.63. The summed E-state index contributed by atoms with van der Waals surface area (Å²) < 4.78 is 10.8. The number of hydrogen-bond acceptors (Lipinski definition) is 6. The van der Waals surface area contributed by atoms with Gasteiger partial charge < -0.3 is 13.9 Å². The van der Waals surface area contributed by atoms with Crippen molar-refractivity contribution in [2.45, 2.75) is 37.9 Å². The van der Waals surface area contributed by atoms with Gasteiger partial charge in [0.1, 0.15) is 0 Å². The minimum Gasteiger partial charge on any atom is -0.481 e. The summed E-state index contributed by atoms with van der Waals surface area (Å²) in [7, 11) is 0. The summed E-state index contributed by atoms with van der Waals surface area (Å²) in [6.45, 7) is 0.507. The molecule has 4 heterocycles. The molecular weight excluding hydrogens is 274 g/mol. The van der Waals surface area contributed by atoms with Crippen molar-refractivity contribution in [3.63, 3.8) is 0 Å². The molecule has 7 heteroatoms. The molecule has 0 saturated carbocycles.